The van der Waals surface area contributed by atoms with Crippen molar-refractivity contribution in [3.8, 4) is 5.75 Å². The highest BCUT2D eigenvalue weighted by Crippen LogP contribution is 2.16. The average molecular weight is 201 g/mol. The maximum Gasteiger partial charge on any atom is 0.262 e. The van der Waals surface area contributed by atoms with Crippen LogP contribution in [0.5, 0.6) is 5.75 Å². The van der Waals surface area contributed by atoms with Gasteiger partial charge in [0.25, 0.3) is 10.4 Å². The van der Waals surface area contributed by atoms with Crippen molar-refractivity contribution >= 4 is 16.7 Å². The maximum absolute atomic E-state index is 10.3. The van der Waals surface area contributed by atoms with E-state index in [0.29, 0.717) is 6.29 Å². The number of hydrogen-bond acceptors (Lipinski definition) is 5. The van der Waals surface area contributed by atoms with E-state index in [0.717, 1.165) is 0 Å². The normalized spacial score (nSPS) is 10.8. The van der Waals surface area contributed by atoms with E-state index in [-0.39, 0.29) is 11.3 Å². The Labute approximate surface area is 74.9 Å². The fourth-order valence-corrected chi connectivity index (χ4v) is 1.14. The summed E-state index contributed by atoms with van der Waals surface area (Å²) in [6.45, 7) is 0. The summed E-state index contributed by atoms with van der Waals surface area (Å²) in [5, 5.41) is 0. The smallest absolute Gasteiger partial charge is 0.262 e. The van der Waals surface area contributed by atoms with Crippen LogP contribution in [0.25, 0.3) is 0 Å². The zero-order valence-electron chi connectivity index (χ0n) is 6.34. The summed E-state index contributed by atoms with van der Waals surface area (Å²) in [5.74, 6) is -0.257. The van der Waals surface area contributed by atoms with Gasteiger partial charge in [-0.2, -0.15) is 0 Å². The van der Waals surface area contributed by atoms with Gasteiger partial charge in [-0.15, -0.1) is 0 Å². The summed E-state index contributed by atoms with van der Waals surface area (Å²) in [5.41, 5.74) is 0.0157. The topological polar surface area (TPSA) is 83.5 Å². The summed E-state index contributed by atoms with van der Waals surface area (Å²) in [4.78, 5) is 10.3. The summed E-state index contributed by atoms with van der Waals surface area (Å²) < 4.78 is 34.5. The van der Waals surface area contributed by atoms with Crippen molar-refractivity contribution in [1.29, 1.82) is 0 Å². The van der Waals surface area contributed by atoms with Crippen molar-refractivity contribution in [3.05, 3.63) is 29.8 Å². The highest BCUT2D eigenvalue weighted by Gasteiger charge is 2.04. The number of benzene rings is 1. The minimum absolute atomic E-state index is 0.0157. The molecule has 0 amide bonds. The van der Waals surface area contributed by atoms with Crippen LogP contribution in [0.2, 0.25) is 0 Å². The van der Waals surface area contributed by atoms with Crippen molar-refractivity contribution in [3.63, 3.8) is 0 Å². The van der Waals surface area contributed by atoms with E-state index >= 15 is 0 Å². The molecular formula is C7H5O5S-. The predicted molar refractivity (Wildman–Crippen MR) is 42.2 cm³/mol. The molecule has 0 radical (unpaired) electrons. The standard InChI is InChI=1S/C7H6O5S/c8-5-6-3-1-2-4-7(6)12-13(9,10)11/h1-5H,(H,9,10,11)/p-1. The van der Waals surface area contributed by atoms with Gasteiger partial charge in [-0.1, -0.05) is 12.1 Å². The van der Waals surface area contributed by atoms with Gasteiger partial charge in [0.1, 0.15) is 0 Å². The fourth-order valence-electron chi connectivity index (χ4n) is 0.764. The third kappa shape index (κ3) is 2.85. The van der Waals surface area contributed by atoms with Gasteiger partial charge in [0.15, 0.2) is 12.0 Å². The van der Waals surface area contributed by atoms with Crippen molar-refractivity contribution in [2.75, 3.05) is 0 Å². The van der Waals surface area contributed by atoms with Crippen LogP contribution < -0.4 is 4.18 Å². The molecule has 0 aliphatic heterocycles. The number of para-hydroxylation sites is 1. The summed E-state index contributed by atoms with van der Waals surface area (Å²) in [6, 6.07) is 5.54. The lowest BCUT2D eigenvalue weighted by Crippen LogP contribution is -2.08. The van der Waals surface area contributed by atoms with Crippen LogP contribution >= 0.6 is 0 Å². The van der Waals surface area contributed by atoms with Crippen LogP contribution in [0.1, 0.15) is 10.4 Å². The minimum Gasteiger partial charge on any atom is -0.716 e. The lowest BCUT2D eigenvalue weighted by atomic mass is 10.2. The van der Waals surface area contributed by atoms with Gasteiger partial charge in [-0.25, -0.2) is 8.42 Å². The van der Waals surface area contributed by atoms with Crippen molar-refractivity contribution in [1.82, 2.24) is 0 Å². The second-order valence-corrected chi connectivity index (χ2v) is 3.13. The Kier molecular flexibility index (Phi) is 2.64. The highest BCUT2D eigenvalue weighted by atomic mass is 32.3. The first-order valence-electron chi connectivity index (χ1n) is 3.22. The molecule has 0 N–H and O–H groups in total. The Morgan fingerprint density at radius 3 is 2.46 bits per heavy atom. The molecule has 1 aromatic rings. The number of hydrogen-bond donors (Lipinski definition) is 0. The average Bonchev–Trinajstić information content (AvgIpc) is 2.02. The lowest BCUT2D eigenvalue weighted by molar-refractivity contribution is 0.112. The predicted octanol–water partition coefficient (Wildman–Crippen LogP) is 0.338. The monoisotopic (exact) mass is 201 g/mol. The molecule has 5 nitrogen and oxygen atoms in total. The van der Waals surface area contributed by atoms with Gasteiger partial charge in [-0.05, 0) is 12.1 Å². The van der Waals surface area contributed by atoms with Gasteiger partial charge < -0.3 is 8.74 Å². The zero-order chi connectivity index (χ0) is 9.90. The lowest BCUT2D eigenvalue weighted by Gasteiger charge is -2.09. The second-order valence-electron chi connectivity index (χ2n) is 2.15. The van der Waals surface area contributed by atoms with Gasteiger partial charge in [0, 0.05) is 0 Å². The van der Waals surface area contributed by atoms with Crippen molar-refractivity contribution < 1.29 is 21.9 Å². The minimum atomic E-state index is -4.82. The van der Waals surface area contributed by atoms with Crippen molar-refractivity contribution in [2.24, 2.45) is 0 Å². The summed E-state index contributed by atoms with van der Waals surface area (Å²) in [7, 11) is -4.82. The molecule has 0 unspecified atom stereocenters. The molecule has 0 atom stereocenters. The molecule has 6 heteroatoms. The first-order chi connectivity index (χ1) is 6.03. The zero-order valence-corrected chi connectivity index (χ0v) is 7.15. The Balaban J connectivity index is 3.08. The van der Waals surface area contributed by atoms with Gasteiger partial charge in [0.05, 0.1) is 5.56 Å². The number of rotatable bonds is 3. The Morgan fingerprint density at radius 2 is 1.92 bits per heavy atom. The Morgan fingerprint density at radius 1 is 1.31 bits per heavy atom. The van der Waals surface area contributed by atoms with E-state index in [1.165, 1.54) is 24.3 Å². The van der Waals surface area contributed by atoms with Gasteiger partial charge >= 0.3 is 0 Å². The molecule has 1 rings (SSSR count). The Bertz CT molecular complexity index is 409. The molecule has 0 aliphatic carbocycles. The molecule has 0 aromatic heterocycles. The summed E-state index contributed by atoms with van der Waals surface area (Å²) >= 11 is 0. The molecule has 13 heavy (non-hydrogen) atoms. The first-order valence-corrected chi connectivity index (χ1v) is 4.56. The van der Waals surface area contributed by atoms with Crippen molar-refractivity contribution in [2.45, 2.75) is 0 Å². The van der Waals surface area contributed by atoms with E-state index in [1.54, 1.807) is 0 Å². The number of aldehydes is 1. The third-order valence-corrected chi connectivity index (χ3v) is 1.62. The van der Waals surface area contributed by atoms with Crippen LogP contribution in [-0.4, -0.2) is 19.3 Å². The largest absolute Gasteiger partial charge is 0.716 e. The van der Waals surface area contributed by atoms with Crippen LogP contribution in [0.4, 0.5) is 0 Å². The van der Waals surface area contributed by atoms with Gasteiger partial charge in [-0.3, -0.25) is 4.79 Å². The van der Waals surface area contributed by atoms with Crippen LogP contribution in [-0.2, 0) is 10.4 Å². The SMILES string of the molecule is O=Cc1ccccc1OS(=O)(=O)[O-]. The molecule has 1 aromatic carbocycles. The Hall–Kier alpha value is -1.40. The van der Waals surface area contributed by atoms with Crippen LogP contribution in [0.3, 0.4) is 0 Å². The van der Waals surface area contributed by atoms with E-state index in [4.69, 9.17) is 0 Å². The van der Waals surface area contributed by atoms with Gasteiger partial charge in [0.2, 0.25) is 0 Å². The van der Waals surface area contributed by atoms with E-state index in [1.807, 2.05) is 0 Å². The molecule has 0 aliphatic rings. The molecule has 0 bridgehead atoms. The number of carbonyl (C=O) groups excluding carboxylic acids is 1. The highest BCUT2D eigenvalue weighted by molar-refractivity contribution is 7.81. The fraction of sp³-hybridized carbons (Fsp3) is 0. The molecule has 0 fully saturated rings. The van der Waals surface area contributed by atoms with E-state index in [2.05, 4.69) is 4.18 Å². The molecule has 0 saturated carbocycles. The molecule has 70 valence electrons. The second kappa shape index (κ2) is 3.55. The van der Waals surface area contributed by atoms with Crippen LogP contribution in [0, 0.1) is 0 Å². The van der Waals surface area contributed by atoms with Crippen LogP contribution in [0.15, 0.2) is 24.3 Å². The summed E-state index contributed by atoms with van der Waals surface area (Å²) in [6.07, 6.45) is 0.403. The van der Waals surface area contributed by atoms with E-state index in [9.17, 15) is 17.8 Å². The van der Waals surface area contributed by atoms with E-state index < -0.39 is 10.4 Å². The molecule has 0 saturated heterocycles. The molecule has 0 spiro atoms. The third-order valence-electron chi connectivity index (χ3n) is 1.24. The number of carbonyl (C=O) groups is 1. The maximum atomic E-state index is 10.3. The first kappa shape index (κ1) is 9.69. The molecular weight excluding hydrogens is 196 g/mol. The quantitative estimate of drug-likeness (QED) is 0.400. The molecule has 0 heterocycles.